The summed E-state index contributed by atoms with van der Waals surface area (Å²) >= 11 is 7.91. The lowest BCUT2D eigenvalue weighted by Crippen LogP contribution is -2.45. The highest BCUT2D eigenvalue weighted by Crippen LogP contribution is 2.36. The zero-order valence-electron chi connectivity index (χ0n) is 19.9. The summed E-state index contributed by atoms with van der Waals surface area (Å²) in [6, 6.07) is 4.88. The van der Waals surface area contributed by atoms with Crippen molar-refractivity contribution in [2.24, 2.45) is 0 Å². The third-order valence-corrected chi connectivity index (χ3v) is 6.94. The van der Waals surface area contributed by atoms with Crippen LogP contribution in [0.5, 0.6) is 0 Å². The van der Waals surface area contributed by atoms with Crippen molar-refractivity contribution in [1.29, 1.82) is 0 Å². The number of hydrogen-bond donors (Lipinski definition) is 1. The van der Waals surface area contributed by atoms with Crippen molar-refractivity contribution in [2.45, 2.75) is 31.4 Å². The molecule has 3 heterocycles. The smallest absolute Gasteiger partial charge is 0.348 e. The van der Waals surface area contributed by atoms with E-state index in [4.69, 9.17) is 11.6 Å². The van der Waals surface area contributed by atoms with Gasteiger partial charge in [0.2, 0.25) is 5.95 Å². The normalized spacial score (nSPS) is 19.1. The first-order valence-corrected chi connectivity index (χ1v) is 12.7. The number of piperidine rings is 1. The van der Waals surface area contributed by atoms with E-state index in [1.54, 1.807) is 16.7 Å². The fraction of sp³-hybridized carbons (Fsp3) is 0.435. The first-order chi connectivity index (χ1) is 17.0. The number of benzene rings is 1. The van der Waals surface area contributed by atoms with Gasteiger partial charge in [-0.3, -0.25) is 0 Å². The summed E-state index contributed by atoms with van der Waals surface area (Å²) in [4.78, 5) is 14.1. The van der Waals surface area contributed by atoms with Gasteiger partial charge in [0, 0.05) is 32.0 Å². The van der Waals surface area contributed by atoms with Crippen molar-refractivity contribution in [1.82, 2.24) is 28.7 Å². The highest BCUT2D eigenvalue weighted by Gasteiger charge is 2.37. The molecule has 0 saturated carbocycles. The second kappa shape index (κ2) is 10.9. The van der Waals surface area contributed by atoms with Crippen LogP contribution in [0.15, 0.2) is 36.9 Å². The van der Waals surface area contributed by atoms with Gasteiger partial charge < -0.3 is 14.8 Å². The van der Waals surface area contributed by atoms with E-state index in [0.717, 1.165) is 5.56 Å². The van der Waals surface area contributed by atoms with Gasteiger partial charge >= 0.3 is 6.18 Å². The zero-order valence-corrected chi connectivity index (χ0v) is 21.5. The number of aromatic nitrogens is 4. The van der Waals surface area contributed by atoms with Gasteiger partial charge in [-0.25, -0.2) is 23.6 Å². The Balaban J connectivity index is 1.63. The molecule has 36 heavy (non-hydrogen) atoms. The quantitative estimate of drug-likeness (QED) is 0.326. The molecule has 3 aromatic rings. The molecule has 13 heteroatoms. The summed E-state index contributed by atoms with van der Waals surface area (Å²) in [5.41, 5.74) is 0.139. The van der Waals surface area contributed by atoms with Gasteiger partial charge in [0.1, 0.15) is 29.5 Å². The molecule has 1 N–H and O–H groups in total. The molecule has 0 bridgehead atoms. The monoisotopic (exact) mass is 543 g/mol. The second-order valence-corrected chi connectivity index (χ2v) is 10.1. The number of imidazole rings is 1. The lowest BCUT2D eigenvalue weighted by Gasteiger charge is -2.33. The van der Waals surface area contributed by atoms with Crippen LogP contribution in [0.1, 0.15) is 17.5 Å². The first-order valence-electron chi connectivity index (χ1n) is 11.2. The van der Waals surface area contributed by atoms with Gasteiger partial charge in [-0.1, -0.05) is 29.6 Å². The van der Waals surface area contributed by atoms with Crippen molar-refractivity contribution in [3.8, 4) is 17.1 Å². The number of anilines is 1. The Morgan fingerprint density at radius 2 is 2.03 bits per heavy atom. The zero-order chi connectivity index (χ0) is 26.0. The maximum atomic E-state index is 14.6. The maximum Gasteiger partial charge on any atom is 0.420 e. The van der Waals surface area contributed by atoms with Crippen molar-refractivity contribution in [3.05, 3.63) is 53.1 Å². The molecule has 1 fully saturated rings. The van der Waals surface area contributed by atoms with Crippen molar-refractivity contribution in [2.75, 3.05) is 38.8 Å². The van der Waals surface area contributed by atoms with E-state index in [9.17, 15) is 17.6 Å². The predicted molar refractivity (Wildman–Crippen MR) is 134 cm³/mol. The third kappa shape index (κ3) is 6.10. The highest BCUT2D eigenvalue weighted by atomic mass is 35.5. The maximum absolute atomic E-state index is 14.6. The molecule has 0 radical (unpaired) electrons. The summed E-state index contributed by atoms with van der Waals surface area (Å²) in [5.74, 6) is -0.0797. The van der Waals surface area contributed by atoms with Crippen LogP contribution < -0.4 is 5.32 Å². The Labute approximate surface area is 216 Å². The van der Waals surface area contributed by atoms with Crippen LogP contribution >= 0.6 is 23.5 Å². The van der Waals surface area contributed by atoms with Gasteiger partial charge in [0.25, 0.3) is 0 Å². The number of alkyl halides is 4. The summed E-state index contributed by atoms with van der Waals surface area (Å²) in [6.45, 7) is 1.55. The summed E-state index contributed by atoms with van der Waals surface area (Å²) < 4.78 is 59.4. The molecule has 1 aliphatic rings. The van der Waals surface area contributed by atoms with E-state index in [-0.39, 0.29) is 18.2 Å². The van der Waals surface area contributed by atoms with Crippen LogP contribution in [0.2, 0.25) is 5.02 Å². The molecule has 194 valence electrons. The lowest BCUT2D eigenvalue weighted by molar-refractivity contribution is -0.137. The lowest BCUT2D eigenvalue weighted by atomic mass is 10.1. The number of halogens is 5. The third-order valence-electron chi connectivity index (χ3n) is 5.79. The van der Waals surface area contributed by atoms with E-state index in [2.05, 4.69) is 20.3 Å². The Morgan fingerprint density at radius 1 is 1.25 bits per heavy atom. The summed E-state index contributed by atoms with van der Waals surface area (Å²) in [5, 5.41) is 3.31. The molecular weight excluding hydrogens is 518 g/mol. The predicted octanol–water partition coefficient (Wildman–Crippen LogP) is 5.17. The van der Waals surface area contributed by atoms with Crippen LogP contribution in [0.3, 0.4) is 0 Å². The van der Waals surface area contributed by atoms with Gasteiger partial charge in [-0.2, -0.15) is 13.2 Å². The summed E-state index contributed by atoms with van der Waals surface area (Å²) in [7, 11) is 3.88. The second-order valence-electron chi connectivity index (χ2n) is 8.77. The fourth-order valence-electron chi connectivity index (χ4n) is 4.03. The minimum Gasteiger partial charge on any atom is -0.348 e. The first kappa shape index (κ1) is 26.6. The largest absolute Gasteiger partial charge is 0.420 e. The molecule has 4 rings (SSSR count). The van der Waals surface area contributed by atoms with E-state index < -0.39 is 29.6 Å². The van der Waals surface area contributed by atoms with Crippen LogP contribution in [-0.4, -0.2) is 74.4 Å². The molecular formula is C23H26ClF4N7S. The summed E-state index contributed by atoms with van der Waals surface area (Å²) in [6.07, 6.45) is -0.0465. The van der Waals surface area contributed by atoms with E-state index in [0.29, 0.717) is 36.4 Å². The number of nitrogens with zero attached hydrogens (tertiary/aromatic N) is 6. The van der Waals surface area contributed by atoms with Gasteiger partial charge in [-0.05, 0) is 44.5 Å². The average molecular weight is 544 g/mol. The Hall–Kier alpha value is -2.41. The van der Waals surface area contributed by atoms with Crippen molar-refractivity contribution < 1.29 is 17.6 Å². The van der Waals surface area contributed by atoms with E-state index in [1.807, 2.05) is 35.6 Å². The molecule has 7 nitrogen and oxygen atoms in total. The molecule has 2 unspecified atom stereocenters. The van der Waals surface area contributed by atoms with E-state index in [1.165, 1.54) is 24.5 Å². The Morgan fingerprint density at radius 3 is 2.67 bits per heavy atom. The van der Waals surface area contributed by atoms with Crippen LogP contribution in [0, 0.1) is 0 Å². The van der Waals surface area contributed by atoms with Crippen LogP contribution in [-0.2, 0) is 12.7 Å². The van der Waals surface area contributed by atoms with Gasteiger partial charge in [-0.15, -0.1) is 0 Å². The minimum atomic E-state index is -4.70. The molecule has 1 aliphatic heterocycles. The topological polar surface area (TPSA) is 62.1 Å². The number of rotatable bonds is 7. The highest BCUT2D eigenvalue weighted by molar-refractivity contribution is 7.96. The molecule has 0 aliphatic carbocycles. The number of hydrogen-bond acceptors (Lipinski definition) is 7. The van der Waals surface area contributed by atoms with Gasteiger partial charge in [0.05, 0.1) is 16.8 Å². The molecule has 1 saturated heterocycles. The standard InChI is InChI=1S/C23H26ClF4N7S/c1-33(2)10-14-4-5-20(16(24)8-14)34-12-19(30-13-34)21-15(23(26,27)28)9-29-22(32-21)31-18-6-7-35(36-3)11-17(18)25/h4-5,8-9,12-13,17-18H,6-7,10-11H2,1-3H3,(H,29,31,32). The molecule has 0 amide bonds. The minimum absolute atomic E-state index is 0.00443. The van der Waals surface area contributed by atoms with Gasteiger partial charge in [0.15, 0.2) is 0 Å². The molecule has 1 aromatic carbocycles. The van der Waals surface area contributed by atoms with Crippen molar-refractivity contribution >= 4 is 29.5 Å². The van der Waals surface area contributed by atoms with Crippen LogP contribution in [0.4, 0.5) is 23.5 Å². The molecule has 2 atom stereocenters. The Bertz CT molecular complexity index is 1200. The average Bonchev–Trinajstić information content (AvgIpc) is 3.29. The Kier molecular flexibility index (Phi) is 8.08. The van der Waals surface area contributed by atoms with E-state index >= 15 is 0 Å². The molecule has 2 aromatic heterocycles. The fourth-order valence-corrected chi connectivity index (χ4v) is 4.91. The van der Waals surface area contributed by atoms with Crippen molar-refractivity contribution in [3.63, 3.8) is 0 Å². The SMILES string of the molecule is CSN1CCC(Nc2ncc(C(F)(F)F)c(-c3cn(-c4ccc(CN(C)C)cc4Cl)cn3)n2)C(F)C1. The number of nitrogens with one attached hydrogen (secondary N) is 1. The van der Waals surface area contributed by atoms with Crippen LogP contribution in [0.25, 0.3) is 17.1 Å². The molecule has 0 spiro atoms.